The molecule has 0 heterocycles. The topological polar surface area (TPSA) is 56.4 Å². The Balaban J connectivity index is 3.13. The van der Waals surface area contributed by atoms with Gasteiger partial charge in [0.1, 0.15) is 5.40 Å². The van der Waals surface area contributed by atoms with Gasteiger partial charge < -0.3 is 5.21 Å². The molecule has 0 bridgehead atoms. The molecule has 1 aromatic carbocycles. The third-order valence-electron chi connectivity index (χ3n) is 1.58. The maximum atomic E-state index is 8.58. The normalized spacial score (nSPS) is 10.9. The van der Waals surface area contributed by atoms with Crippen LogP contribution in [0.15, 0.2) is 34.3 Å². The monoisotopic (exact) mass is 192 g/mol. The molecule has 0 spiro atoms. The van der Waals surface area contributed by atoms with Crippen molar-refractivity contribution in [3.8, 4) is 5.40 Å². The van der Waals surface area contributed by atoms with Crippen LogP contribution in [0.4, 0.5) is 0 Å². The van der Waals surface area contributed by atoms with Crippen LogP contribution in [0.1, 0.15) is 12.5 Å². The largest absolute Gasteiger partial charge is 0.411 e. The summed E-state index contributed by atoms with van der Waals surface area (Å²) in [7, 11) is 0. The number of nitriles is 1. The van der Waals surface area contributed by atoms with Crippen molar-refractivity contribution in [2.45, 2.75) is 11.8 Å². The van der Waals surface area contributed by atoms with Crippen molar-refractivity contribution in [2.75, 3.05) is 0 Å². The van der Waals surface area contributed by atoms with Crippen molar-refractivity contribution in [2.24, 2.45) is 5.16 Å². The quantitative estimate of drug-likeness (QED) is 0.257. The van der Waals surface area contributed by atoms with Gasteiger partial charge in [-0.25, -0.2) is 0 Å². The van der Waals surface area contributed by atoms with E-state index in [1.807, 2.05) is 29.7 Å². The summed E-state index contributed by atoms with van der Waals surface area (Å²) in [6, 6.07) is 7.31. The lowest BCUT2D eigenvalue weighted by Gasteiger charge is -2.02. The highest BCUT2D eigenvalue weighted by Gasteiger charge is 2.04. The van der Waals surface area contributed by atoms with Crippen molar-refractivity contribution in [3.63, 3.8) is 0 Å². The summed E-state index contributed by atoms with van der Waals surface area (Å²) in [5, 5.41) is 22.2. The summed E-state index contributed by atoms with van der Waals surface area (Å²) in [6.45, 7) is 1.69. The molecule has 0 atom stereocenters. The van der Waals surface area contributed by atoms with Crippen LogP contribution in [0, 0.1) is 10.7 Å². The second-order valence-corrected chi connectivity index (χ2v) is 3.20. The van der Waals surface area contributed by atoms with Gasteiger partial charge in [0, 0.05) is 10.5 Å². The Labute approximate surface area is 80.7 Å². The van der Waals surface area contributed by atoms with E-state index in [9.17, 15) is 0 Å². The molecule has 66 valence electrons. The van der Waals surface area contributed by atoms with Gasteiger partial charge >= 0.3 is 0 Å². The smallest absolute Gasteiger partial charge is 0.138 e. The summed E-state index contributed by atoms with van der Waals surface area (Å²) in [5.41, 5.74) is 1.30. The number of benzene rings is 1. The van der Waals surface area contributed by atoms with E-state index in [4.69, 9.17) is 10.5 Å². The Morgan fingerprint density at radius 2 is 2.23 bits per heavy atom. The molecule has 0 fully saturated rings. The van der Waals surface area contributed by atoms with E-state index in [1.54, 1.807) is 6.92 Å². The standard InChI is InChI=1S/C9H8N2OS/c1-7(11-12)8-4-2-3-5-9(8)13-6-10/h2-5,12H,1H3/b11-7+. The molecule has 3 nitrogen and oxygen atoms in total. The number of thiocyanates is 1. The van der Waals surface area contributed by atoms with Gasteiger partial charge in [-0.1, -0.05) is 23.4 Å². The first-order chi connectivity index (χ1) is 6.29. The first-order valence-electron chi connectivity index (χ1n) is 3.63. The van der Waals surface area contributed by atoms with Gasteiger partial charge in [0.15, 0.2) is 0 Å². The summed E-state index contributed by atoms with van der Waals surface area (Å²) in [4.78, 5) is 0.806. The average molecular weight is 192 g/mol. The number of hydrogen-bond donors (Lipinski definition) is 1. The minimum atomic E-state index is 0.512. The Hall–Kier alpha value is -1.47. The highest BCUT2D eigenvalue weighted by Crippen LogP contribution is 2.21. The van der Waals surface area contributed by atoms with Crippen LogP contribution in [0.25, 0.3) is 0 Å². The zero-order valence-electron chi connectivity index (χ0n) is 7.06. The van der Waals surface area contributed by atoms with Crippen molar-refractivity contribution >= 4 is 17.5 Å². The number of rotatable bonds is 2. The highest BCUT2D eigenvalue weighted by atomic mass is 32.2. The molecule has 0 saturated carbocycles. The number of oxime groups is 1. The predicted octanol–water partition coefficient (Wildman–Crippen LogP) is 2.46. The van der Waals surface area contributed by atoms with Gasteiger partial charge in [0.2, 0.25) is 0 Å². The minimum Gasteiger partial charge on any atom is -0.411 e. The van der Waals surface area contributed by atoms with E-state index in [-0.39, 0.29) is 0 Å². The van der Waals surface area contributed by atoms with Crippen LogP contribution >= 0.6 is 11.8 Å². The average Bonchev–Trinajstić information content (AvgIpc) is 2.18. The fourth-order valence-electron chi connectivity index (χ4n) is 0.958. The molecule has 0 amide bonds. The molecule has 0 aromatic heterocycles. The number of hydrogen-bond acceptors (Lipinski definition) is 4. The van der Waals surface area contributed by atoms with E-state index in [2.05, 4.69) is 5.16 Å². The number of nitrogens with zero attached hydrogens (tertiary/aromatic N) is 2. The van der Waals surface area contributed by atoms with E-state index >= 15 is 0 Å². The SMILES string of the molecule is C/C(=N\O)c1ccccc1SC#N. The summed E-state index contributed by atoms with van der Waals surface area (Å²) in [6.07, 6.45) is 0. The van der Waals surface area contributed by atoms with Gasteiger partial charge in [0.25, 0.3) is 0 Å². The van der Waals surface area contributed by atoms with Crippen LogP contribution in [0.3, 0.4) is 0 Å². The maximum Gasteiger partial charge on any atom is 0.138 e. The molecule has 0 aliphatic heterocycles. The molecule has 13 heavy (non-hydrogen) atoms. The Morgan fingerprint density at radius 1 is 1.54 bits per heavy atom. The lowest BCUT2D eigenvalue weighted by molar-refractivity contribution is 0.319. The van der Waals surface area contributed by atoms with Gasteiger partial charge in [-0.2, -0.15) is 5.26 Å². The summed E-state index contributed by atoms with van der Waals surface area (Å²) in [5.74, 6) is 0. The van der Waals surface area contributed by atoms with Crippen LogP contribution in [-0.2, 0) is 0 Å². The van der Waals surface area contributed by atoms with Crippen LogP contribution in [0.2, 0.25) is 0 Å². The fraction of sp³-hybridized carbons (Fsp3) is 0.111. The first kappa shape index (κ1) is 9.62. The fourth-order valence-corrected chi connectivity index (χ4v) is 1.53. The molecule has 0 aliphatic rings. The lowest BCUT2D eigenvalue weighted by atomic mass is 10.1. The Morgan fingerprint density at radius 3 is 2.85 bits per heavy atom. The van der Waals surface area contributed by atoms with Gasteiger partial charge in [0.05, 0.1) is 5.71 Å². The Kier molecular flexibility index (Phi) is 3.35. The lowest BCUT2D eigenvalue weighted by Crippen LogP contribution is -1.95. The maximum absolute atomic E-state index is 8.58. The third-order valence-corrected chi connectivity index (χ3v) is 2.25. The van der Waals surface area contributed by atoms with Gasteiger partial charge in [-0.3, -0.25) is 0 Å². The van der Waals surface area contributed by atoms with Crippen LogP contribution < -0.4 is 0 Å². The summed E-state index contributed by atoms with van der Waals surface area (Å²) >= 11 is 1.06. The molecule has 4 heteroatoms. The summed E-state index contributed by atoms with van der Waals surface area (Å²) < 4.78 is 0. The highest BCUT2D eigenvalue weighted by molar-refractivity contribution is 8.03. The van der Waals surface area contributed by atoms with E-state index in [0.717, 1.165) is 22.2 Å². The van der Waals surface area contributed by atoms with Crippen LogP contribution in [-0.4, -0.2) is 10.9 Å². The molecule has 0 aliphatic carbocycles. The molecule has 1 N–H and O–H groups in total. The van der Waals surface area contributed by atoms with Crippen molar-refractivity contribution in [1.29, 1.82) is 5.26 Å². The predicted molar refractivity (Wildman–Crippen MR) is 51.9 cm³/mol. The molecule has 1 rings (SSSR count). The van der Waals surface area contributed by atoms with E-state index in [1.165, 1.54) is 0 Å². The molecular weight excluding hydrogens is 184 g/mol. The van der Waals surface area contributed by atoms with Crippen molar-refractivity contribution < 1.29 is 5.21 Å². The van der Waals surface area contributed by atoms with Crippen LogP contribution in [0.5, 0.6) is 0 Å². The minimum absolute atomic E-state index is 0.512. The second kappa shape index (κ2) is 4.53. The zero-order chi connectivity index (χ0) is 9.68. The third kappa shape index (κ3) is 2.23. The Bertz CT molecular complexity index is 368. The van der Waals surface area contributed by atoms with Gasteiger partial charge in [-0.15, -0.1) is 0 Å². The van der Waals surface area contributed by atoms with E-state index in [0.29, 0.717) is 5.71 Å². The molecule has 1 aromatic rings. The van der Waals surface area contributed by atoms with Gasteiger partial charge in [-0.05, 0) is 24.8 Å². The molecule has 0 saturated heterocycles. The van der Waals surface area contributed by atoms with Crippen molar-refractivity contribution in [3.05, 3.63) is 29.8 Å². The number of thioether (sulfide) groups is 1. The second-order valence-electron chi connectivity index (χ2n) is 2.37. The first-order valence-corrected chi connectivity index (χ1v) is 4.45. The molecular formula is C9H8N2OS. The zero-order valence-corrected chi connectivity index (χ0v) is 7.88. The molecule has 0 unspecified atom stereocenters. The van der Waals surface area contributed by atoms with Crippen molar-refractivity contribution in [1.82, 2.24) is 0 Å². The van der Waals surface area contributed by atoms with E-state index < -0.39 is 0 Å². The molecule has 0 radical (unpaired) electrons.